The van der Waals surface area contributed by atoms with Crippen molar-refractivity contribution in [3.05, 3.63) is 35.5 Å². The maximum Gasteiger partial charge on any atom is 0.354 e. The molecule has 1 aromatic carbocycles. The molecule has 0 saturated carbocycles. The first-order chi connectivity index (χ1) is 10.6. The first-order valence-corrected chi connectivity index (χ1v) is 7.83. The highest BCUT2D eigenvalue weighted by atomic mass is 32.2. The molecule has 0 radical (unpaired) electrons. The number of hydrogen-bond donors (Lipinski definition) is 1. The fourth-order valence-corrected chi connectivity index (χ4v) is 2.09. The third-order valence-electron chi connectivity index (χ3n) is 2.57. The lowest BCUT2D eigenvalue weighted by Gasteiger charge is -2.12. The van der Waals surface area contributed by atoms with Crippen LogP contribution in [0.2, 0.25) is 0 Å². The number of anilines is 1. The van der Waals surface area contributed by atoms with Crippen molar-refractivity contribution in [3.8, 4) is 0 Å². The van der Waals surface area contributed by atoms with Crippen molar-refractivity contribution < 1.29 is 36.3 Å². The van der Waals surface area contributed by atoms with Gasteiger partial charge in [0.25, 0.3) is 0 Å². The summed E-state index contributed by atoms with van der Waals surface area (Å²) in [5.41, 5.74) is -1.41. The molecule has 0 atom stereocenters. The summed E-state index contributed by atoms with van der Waals surface area (Å²) in [6, 6.07) is 1.15. The second kappa shape index (κ2) is 7.18. The van der Waals surface area contributed by atoms with E-state index in [-0.39, 0.29) is 0 Å². The smallest absolute Gasteiger partial charge is 0.354 e. The SMILES string of the molecule is COC(=O)/C=C(/Nc1c(F)cc(S(C)(=O)=O)cc1F)C(=O)OC. The Balaban J connectivity index is 3.33. The van der Waals surface area contributed by atoms with Gasteiger partial charge in [0.05, 0.1) is 25.2 Å². The molecule has 0 heterocycles. The lowest BCUT2D eigenvalue weighted by molar-refractivity contribution is -0.138. The van der Waals surface area contributed by atoms with E-state index in [0.29, 0.717) is 18.2 Å². The second-order valence-corrected chi connectivity index (χ2v) is 6.25. The molecule has 0 saturated heterocycles. The molecular formula is C13H13F2NO6S. The van der Waals surface area contributed by atoms with Crippen molar-refractivity contribution in [1.82, 2.24) is 0 Å². The Kier molecular flexibility index (Phi) is 5.79. The van der Waals surface area contributed by atoms with Gasteiger partial charge in [-0.15, -0.1) is 0 Å². The number of sulfone groups is 1. The third-order valence-corrected chi connectivity index (χ3v) is 3.66. The Morgan fingerprint density at radius 3 is 2.04 bits per heavy atom. The monoisotopic (exact) mass is 349 g/mol. The van der Waals surface area contributed by atoms with Gasteiger partial charge in [0.15, 0.2) is 21.5 Å². The quantitative estimate of drug-likeness (QED) is 0.626. The van der Waals surface area contributed by atoms with Gasteiger partial charge >= 0.3 is 11.9 Å². The maximum atomic E-state index is 13.9. The van der Waals surface area contributed by atoms with Gasteiger partial charge in [0, 0.05) is 6.26 Å². The maximum absolute atomic E-state index is 13.9. The van der Waals surface area contributed by atoms with Gasteiger partial charge in [-0.25, -0.2) is 26.8 Å². The van der Waals surface area contributed by atoms with Gasteiger partial charge in [-0.3, -0.25) is 0 Å². The highest BCUT2D eigenvalue weighted by Crippen LogP contribution is 2.24. The van der Waals surface area contributed by atoms with Crippen LogP contribution in [-0.2, 0) is 28.9 Å². The summed E-state index contributed by atoms with van der Waals surface area (Å²) in [4.78, 5) is 22.1. The van der Waals surface area contributed by atoms with E-state index >= 15 is 0 Å². The molecule has 0 fully saturated rings. The average molecular weight is 349 g/mol. The van der Waals surface area contributed by atoms with Crippen LogP contribution < -0.4 is 5.32 Å². The van der Waals surface area contributed by atoms with E-state index in [9.17, 15) is 26.8 Å². The molecule has 7 nitrogen and oxygen atoms in total. The number of carbonyl (C=O) groups is 2. The van der Waals surface area contributed by atoms with Gasteiger partial charge in [0.2, 0.25) is 0 Å². The molecule has 0 aliphatic heterocycles. The van der Waals surface area contributed by atoms with E-state index in [1.165, 1.54) is 0 Å². The predicted molar refractivity (Wildman–Crippen MR) is 75.2 cm³/mol. The Morgan fingerprint density at radius 2 is 1.65 bits per heavy atom. The van der Waals surface area contributed by atoms with Crippen molar-refractivity contribution in [2.45, 2.75) is 4.90 Å². The van der Waals surface area contributed by atoms with E-state index in [0.717, 1.165) is 20.5 Å². The molecule has 23 heavy (non-hydrogen) atoms. The van der Waals surface area contributed by atoms with Gasteiger partial charge in [-0.1, -0.05) is 0 Å². The van der Waals surface area contributed by atoms with Crippen LogP contribution >= 0.6 is 0 Å². The minimum absolute atomic E-state index is 0.574. The topological polar surface area (TPSA) is 98.8 Å². The van der Waals surface area contributed by atoms with Crippen LogP contribution in [0.4, 0.5) is 14.5 Å². The van der Waals surface area contributed by atoms with E-state index in [1.807, 2.05) is 0 Å². The highest BCUT2D eigenvalue weighted by Gasteiger charge is 2.20. The molecule has 0 aliphatic rings. The van der Waals surface area contributed by atoms with Crippen LogP contribution in [0.3, 0.4) is 0 Å². The first kappa shape index (κ1) is 18.6. The fraction of sp³-hybridized carbons (Fsp3) is 0.231. The summed E-state index contributed by atoms with van der Waals surface area (Å²) >= 11 is 0. The molecule has 0 spiro atoms. The Bertz CT molecular complexity index is 750. The molecule has 0 bridgehead atoms. The van der Waals surface area contributed by atoms with Crippen LogP contribution in [0.5, 0.6) is 0 Å². The van der Waals surface area contributed by atoms with Gasteiger partial charge < -0.3 is 14.8 Å². The third kappa shape index (κ3) is 4.74. The van der Waals surface area contributed by atoms with Crippen LogP contribution in [0.25, 0.3) is 0 Å². The molecule has 0 aromatic heterocycles. The van der Waals surface area contributed by atoms with E-state index in [1.54, 1.807) is 0 Å². The summed E-state index contributed by atoms with van der Waals surface area (Å²) < 4.78 is 59.1. The highest BCUT2D eigenvalue weighted by molar-refractivity contribution is 7.90. The Morgan fingerprint density at radius 1 is 1.13 bits per heavy atom. The second-order valence-electron chi connectivity index (χ2n) is 4.23. The number of methoxy groups -OCH3 is 2. The lowest BCUT2D eigenvalue weighted by atomic mass is 10.2. The Hall–Kier alpha value is -2.49. The normalized spacial score (nSPS) is 11.8. The molecular weight excluding hydrogens is 336 g/mol. The zero-order valence-electron chi connectivity index (χ0n) is 12.3. The zero-order chi connectivity index (χ0) is 17.8. The number of hydrogen-bond acceptors (Lipinski definition) is 7. The average Bonchev–Trinajstić information content (AvgIpc) is 2.47. The summed E-state index contributed by atoms with van der Waals surface area (Å²) in [5.74, 6) is -4.59. The van der Waals surface area contributed by atoms with Crippen molar-refractivity contribution in [3.63, 3.8) is 0 Å². The first-order valence-electron chi connectivity index (χ1n) is 5.94. The van der Waals surface area contributed by atoms with Crippen molar-refractivity contribution in [2.75, 3.05) is 25.8 Å². The molecule has 1 rings (SSSR count). The van der Waals surface area contributed by atoms with E-state index < -0.39 is 49.7 Å². The molecule has 0 aliphatic carbocycles. The standard InChI is InChI=1S/C13H13F2NO6S/c1-21-11(17)6-10(13(18)22-2)16-12-8(14)4-7(5-9(12)15)23(3,19)20/h4-6,16H,1-3H3/b10-6+. The van der Waals surface area contributed by atoms with E-state index in [2.05, 4.69) is 14.8 Å². The van der Waals surface area contributed by atoms with Crippen LogP contribution in [0, 0.1) is 11.6 Å². The van der Waals surface area contributed by atoms with Crippen molar-refractivity contribution >= 4 is 27.5 Å². The van der Waals surface area contributed by atoms with Crippen molar-refractivity contribution in [1.29, 1.82) is 0 Å². The number of esters is 2. The molecule has 0 amide bonds. The van der Waals surface area contributed by atoms with Gasteiger partial charge in [0.1, 0.15) is 11.4 Å². The molecule has 10 heteroatoms. The number of benzene rings is 1. The minimum Gasteiger partial charge on any atom is -0.466 e. The molecule has 0 unspecified atom stereocenters. The van der Waals surface area contributed by atoms with Gasteiger partial charge in [-0.2, -0.15) is 0 Å². The summed E-state index contributed by atoms with van der Waals surface area (Å²) in [5, 5.41) is 2.05. The fourth-order valence-electron chi connectivity index (χ4n) is 1.45. The molecule has 1 N–H and O–H groups in total. The molecule has 126 valence electrons. The lowest BCUT2D eigenvalue weighted by Crippen LogP contribution is -2.17. The number of nitrogens with one attached hydrogen (secondary N) is 1. The predicted octanol–water partition coefficient (Wildman–Crippen LogP) is 1.01. The van der Waals surface area contributed by atoms with E-state index in [4.69, 9.17) is 0 Å². The number of rotatable bonds is 5. The zero-order valence-corrected chi connectivity index (χ0v) is 13.2. The number of halogens is 2. The largest absolute Gasteiger partial charge is 0.466 e. The van der Waals surface area contributed by atoms with Crippen molar-refractivity contribution in [2.24, 2.45) is 0 Å². The minimum atomic E-state index is -3.83. The van der Waals surface area contributed by atoms with Gasteiger partial charge in [-0.05, 0) is 12.1 Å². The summed E-state index contributed by atoms with van der Waals surface area (Å²) in [7, 11) is -1.79. The molecule has 1 aromatic rings. The number of carbonyl (C=O) groups excluding carboxylic acids is 2. The van der Waals surface area contributed by atoms with Crippen LogP contribution in [0.15, 0.2) is 28.8 Å². The summed E-state index contributed by atoms with van der Waals surface area (Å²) in [6.45, 7) is 0. The van der Waals surface area contributed by atoms with Crippen LogP contribution in [-0.4, -0.2) is 40.8 Å². The number of ether oxygens (including phenoxy) is 2. The Labute approximate surface area is 130 Å². The summed E-state index contributed by atoms with van der Waals surface area (Å²) in [6.07, 6.45) is 1.42. The van der Waals surface area contributed by atoms with Crippen LogP contribution in [0.1, 0.15) is 0 Å².